The molecule has 0 radical (unpaired) electrons. The van der Waals surface area contributed by atoms with E-state index in [1.165, 1.54) is 0 Å². The van der Waals surface area contributed by atoms with E-state index in [4.69, 9.17) is 10.8 Å². The number of rotatable bonds is 4. The molecule has 82 valence electrons. The van der Waals surface area contributed by atoms with Gasteiger partial charge in [0.25, 0.3) is 0 Å². The summed E-state index contributed by atoms with van der Waals surface area (Å²) in [7, 11) is 0. The fourth-order valence-electron chi connectivity index (χ4n) is 1.72. The maximum atomic E-state index is 11.6. The van der Waals surface area contributed by atoms with Crippen molar-refractivity contribution in [3.05, 3.63) is 0 Å². The van der Waals surface area contributed by atoms with Crippen LogP contribution >= 0.6 is 0 Å². The van der Waals surface area contributed by atoms with Crippen molar-refractivity contribution in [1.82, 2.24) is 4.90 Å². The SMILES string of the molecule is CC(N)CCC(=O)N1CCC(CO)C1. The number of nitrogens with two attached hydrogens (primary N) is 1. The van der Waals surface area contributed by atoms with Crippen molar-refractivity contribution in [3.63, 3.8) is 0 Å². The average molecular weight is 200 g/mol. The second kappa shape index (κ2) is 5.32. The van der Waals surface area contributed by atoms with Crippen molar-refractivity contribution < 1.29 is 9.90 Å². The molecule has 2 unspecified atom stereocenters. The van der Waals surface area contributed by atoms with Gasteiger partial charge in [0, 0.05) is 38.1 Å². The van der Waals surface area contributed by atoms with Gasteiger partial charge in [0.1, 0.15) is 0 Å². The molecule has 2 atom stereocenters. The topological polar surface area (TPSA) is 66.6 Å². The molecule has 1 heterocycles. The molecular formula is C10H20N2O2. The molecule has 0 aromatic heterocycles. The number of hydrogen-bond donors (Lipinski definition) is 2. The summed E-state index contributed by atoms with van der Waals surface area (Å²) < 4.78 is 0. The van der Waals surface area contributed by atoms with Crippen LogP contribution in [0.3, 0.4) is 0 Å². The summed E-state index contributed by atoms with van der Waals surface area (Å²) in [5.41, 5.74) is 5.58. The second-order valence-electron chi connectivity index (χ2n) is 4.19. The molecule has 1 fully saturated rings. The Morgan fingerprint density at radius 3 is 2.93 bits per heavy atom. The first-order valence-electron chi connectivity index (χ1n) is 5.27. The Morgan fingerprint density at radius 2 is 2.43 bits per heavy atom. The Hall–Kier alpha value is -0.610. The number of nitrogens with zero attached hydrogens (tertiary/aromatic N) is 1. The smallest absolute Gasteiger partial charge is 0.222 e. The van der Waals surface area contributed by atoms with Crippen LogP contribution in [0.1, 0.15) is 26.2 Å². The summed E-state index contributed by atoms with van der Waals surface area (Å²) in [5, 5.41) is 8.93. The normalized spacial score (nSPS) is 23.9. The van der Waals surface area contributed by atoms with Gasteiger partial charge in [-0.3, -0.25) is 4.79 Å². The molecule has 0 spiro atoms. The van der Waals surface area contributed by atoms with Crippen molar-refractivity contribution >= 4 is 5.91 Å². The molecule has 14 heavy (non-hydrogen) atoms. The Bertz CT molecular complexity index is 195. The number of aliphatic hydroxyl groups excluding tert-OH is 1. The summed E-state index contributed by atoms with van der Waals surface area (Å²) in [4.78, 5) is 13.4. The Labute approximate surface area is 85.1 Å². The Balaban J connectivity index is 2.25. The molecule has 0 aliphatic carbocycles. The molecule has 0 saturated carbocycles. The second-order valence-corrected chi connectivity index (χ2v) is 4.19. The predicted octanol–water partition coefficient (Wildman–Crippen LogP) is -0.0454. The van der Waals surface area contributed by atoms with E-state index in [0.29, 0.717) is 13.0 Å². The highest BCUT2D eigenvalue weighted by molar-refractivity contribution is 5.76. The van der Waals surface area contributed by atoms with Crippen molar-refractivity contribution in [1.29, 1.82) is 0 Å². The molecule has 1 aliphatic heterocycles. The molecule has 0 aromatic carbocycles. The van der Waals surface area contributed by atoms with E-state index in [2.05, 4.69) is 0 Å². The first-order chi connectivity index (χ1) is 6.63. The maximum absolute atomic E-state index is 11.6. The first kappa shape index (κ1) is 11.5. The molecular weight excluding hydrogens is 180 g/mol. The largest absolute Gasteiger partial charge is 0.396 e. The number of hydrogen-bond acceptors (Lipinski definition) is 3. The fourth-order valence-corrected chi connectivity index (χ4v) is 1.72. The third-order valence-corrected chi connectivity index (χ3v) is 2.71. The van der Waals surface area contributed by atoms with E-state index in [0.717, 1.165) is 19.4 Å². The third kappa shape index (κ3) is 3.27. The molecule has 1 saturated heterocycles. The molecule has 1 rings (SSSR count). The summed E-state index contributed by atoms with van der Waals surface area (Å²) in [6.07, 6.45) is 2.22. The minimum Gasteiger partial charge on any atom is -0.396 e. The molecule has 4 nitrogen and oxygen atoms in total. The minimum absolute atomic E-state index is 0.0928. The van der Waals surface area contributed by atoms with Crippen LogP contribution in [0.15, 0.2) is 0 Å². The van der Waals surface area contributed by atoms with Gasteiger partial charge in [-0.2, -0.15) is 0 Å². The van der Waals surface area contributed by atoms with E-state index < -0.39 is 0 Å². The minimum atomic E-state index is 0.0928. The highest BCUT2D eigenvalue weighted by Gasteiger charge is 2.25. The number of carbonyl (C=O) groups excluding carboxylic acids is 1. The fraction of sp³-hybridized carbons (Fsp3) is 0.900. The van der Waals surface area contributed by atoms with E-state index in [-0.39, 0.29) is 24.5 Å². The number of likely N-dealkylation sites (tertiary alicyclic amines) is 1. The van der Waals surface area contributed by atoms with Crippen LogP contribution in [0.25, 0.3) is 0 Å². The lowest BCUT2D eigenvalue weighted by Crippen LogP contribution is -2.30. The molecule has 1 amide bonds. The van der Waals surface area contributed by atoms with Gasteiger partial charge in [-0.05, 0) is 19.8 Å². The summed E-state index contributed by atoms with van der Waals surface area (Å²) in [6.45, 7) is 3.61. The predicted molar refractivity (Wildman–Crippen MR) is 54.7 cm³/mol. The van der Waals surface area contributed by atoms with Gasteiger partial charge in [-0.25, -0.2) is 0 Å². The lowest BCUT2D eigenvalue weighted by molar-refractivity contribution is -0.130. The van der Waals surface area contributed by atoms with E-state index in [1.54, 1.807) is 0 Å². The molecule has 4 heteroatoms. The maximum Gasteiger partial charge on any atom is 0.222 e. The zero-order valence-electron chi connectivity index (χ0n) is 8.78. The van der Waals surface area contributed by atoms with E-state index in [1.807, 2.05) is 11.8 Å². The third-order valence-electron chi connectivity index (χ3n) is 2.71. The van der Waals surface area contributed by atoms with Crippen LogP contribution in [0.2, 0.25) is 0 Å². The lowest BCUT2D eigenvalue weighted by Gasteiger charge is -2.16. The van der Waals surface area contributed by atoms with Gasteiger partial charge in [0.05, 0.1) is 0 Å². The van der Waals surface area contributed by atoms with Gasteiger partial charge in [0.2, 0.25) is 5.91 Å². The highest BCUT2D eigenvalue weighted by Crippen LogP contribution is 2.16. The number of aliphatic hydroxyl groups is 1. The van der Waals surface area contributed by atoms with Crippen LogP contribution in [-0.2, 0) is 4.79 Å². The average Bonchev–Trinajstić information content (AvgIpc) is 2.62. The zero-order valence-corrected chi connectivity index (χ0v) is 8.78. The monoisotopic (exact) mass is 200 g/mol. The quantitative estimate of drug-likeness (QED) is 0.669. The van der Waals surface area contributed by atoms with E-state index in [9.17, 15) is 4.79 Å². The molecule has 3 N–H and O–H groups in total. The van der Waals surface area contributed by atoms with Crippen molar-refractivity contribution in [2.24, 2.45) is 11.7 Å². The Kier molecular flexibility index (Phi) is 4.35. The standard InChI is InChI=1S/C10H20N2O2/c1-8(11)2-3-10(14)12-5-4-9(6-12)7-13/h8-9,13H,2-7,11H2,1H3. The first-order valence-corrected chi connectivity index (χ1v) is 5.27. The van der Waals surface area contributed by atoms with Crippen molar-refractivity contribution in [3.8, 4) is 0 Å². The lowest BCUT2D eigenvalue weighted by atomic mass is 10.1. The van der Waals surface area contributed by atoms with E-state index >= 15 is 0 Å². The summed E-state index contributed by atoms with van der Waals surface area (Å²) >= 11 is 0. The van der Waals surface area contributed by atoms with Gasteiger partial charge in [0.15, 0.2) is 0 Å². The van der Waals surface area contributed by atoms with Crippen LogP contribution in [0.5, 0.6) is 0 Å². The Morgan fingerprint density at radius 1 is 1.71 bits per heavy atom. The highest BCUT2D eigenvalue weighted by atomic mass is 16.3. The molecule has 1 aliphatic rings. The van der Waals surface area contributed by atoms with Crippen LogP contribution in [0.4, 0.5) is 0 Å². The molecule has 0 aromatic rings. The van der Waals surface area contributed by atoms with Gasteiger partial charge in [-0.15, -0.1) is 0 Å². The van der Waals surface area contributed by atoms with Crippen molar-refractivity contribution in [2.45, 2.75) is 32.2 Å². The van der Waals surface area contributed by atoms with Crippen LogP contribution < -0.4 is 5.73 Å². The van der Waals surface area contributed by atoms with Gasteiger partial charge < -0.3 is 15.7 Å². The number of amides is 1. The van der Waals surface area contributed by atoms with Crippen LogP contribution in [-0.4, -0.2) is 41.7 Å². The molecule has 0 bridgehead atoms. The summed E-state index contributed by atoms with van der Waals surface area (Å²) in [6, 6.07) is 0.0928. The summed E-state index contributed by atoms with van der Waals surface area (Å²) in [5.74, 6) is 0.465. The van der Waals surface area contributed by atoms with Gasteiger partial charge >= 0.3 is 0 Å². The van der Waals surface area contributed by atoms with Crippen molar-refractivity contribution in [2.75, 3.05) is 19.7 Å². The number of carbonyl (C=O) groups is 1. The van der Waals surface area contributed by atoms with Gasteiger partial charge in [-0.1, -0.05) is 0 Å². The zero-order chi connectivity index (χ0) is 10.6. The van der Waals surface area contributed by atoms with Crippen LogP contribution in [0, 0.1) is 5.92 Å².